The van der Waals surface area contributed by atoms with Crippen LogP contribution in [0.5, 0.6) is 0 Å². The van der Waals surface area contributed by atoms with E-state index < -0.39 is 23.8 Å². The summed E-state index contributed by atoms with van der Waals surface area (Å²) in [6.45, 7) is 7.27. The summed E-state index contributed by atoms with van der Waals surface area (Å²) in [6.07, 6.45) is 3.04. The van der Waals surface area contributed by atoms with Gasteiger partial charge in [0.2, 0.25) is 0 Å². The zero-order chi connectivity index (χ0) is 21.7. The Morgan fingerprint density at radius 3 is 2.63 bits per heavy atom. The van der Waals surface area contributed by atoms with E-state index in [1.54, 1.807) is 12.1 Å². The van der Waals surface area contributed by atoms with Crippen molar-refractivity contribution in [3.63, 3.8) is 0 Å². The second-order valence-corrected chi connectivity index (χ2v) is 9.31. The molecule has 3 unspecified atom stereocenters. The van der Waals surface area contributed by atoms with Crippen LogP contribution in [-0.2, 0) is 20.7 Å². The van der Waals surface area contributed by atoms with E-state index in [-0.39, 0.29) is 11.7 Å². The van der Waals surface area contributed by atoms with Crippen molar-refractivity contribution in [3.05, 3.63) is 35.6 Å². The van der Waals surface area contributed by atoms with Crippen LogP contribution in [0.3, 0.4) is 0 Å². The molecule has 0 radical (unpaired) electrons. The van der Waals surface area contributed by atoms with Crippen molar-refractivity contribution in [2.24, 2.45) is 5.92 Å². The van der Waals surface area contributed by atoms with Gasteiger partial charge in [-0.05, 0) is 76.5 Å². The van der Waals surface area contributed by atoms with Crippen LogP contribution in [-0.4, -0.2) is 54.3 Å². The zero-order valence-electron chi connectivity index (χ0n) is 18.2. The molecule has 0 saturated carbocycles. The Labute approximate surface area is 178 Å². The Balaban J connectivity index is 1.59. The lowest BCUT2D eigenvalue weighted by atomic mass is 9.90. The molecule has 2 aliphatic rings. The monoisotopic (exact) mass is 420 g/mol. The molecule has 0 spiro atoms. The first kappa shape index (κ1) is 22.5. The molecule has 0 aliphatic carbocycles. The fraction of sp³-hybridized carbons (Fsp3) is 0.652. The Kier molecular flexibility index (Phi) is 7.34. The number of nitrogens with zero attached hydrogens (tertiary/aromatic N) is 1. The highest BCUT2D eigenvalue weighted by molar-refractivity contribution is 5.83. The van der Waals surface area contributed by atoms with Gasteiger partial charge >= 0.3 is 6.09 Å². The van der Waals surface area contributed by atoms with Gasteiger partial charge in [0, 0.05) is 19.7 Å². The third kappa shape index (κ3) is 6.42. The van der Waals surface area contributed by atoms with Crippen LogP contribution in [0.1, 0.15) is 52.0 Å². The molecule has 2 heterocycles. The van der Waals surface area contributed by atoms with Gasteiger partial charge in [-0.2, -0.15) is 0 Å². The van der Waals surface area contributed by atoms with Crippen molar-refractivity contribution < 1.29 is 23.5 Å². The van der Waals surface area contributed by atoms with Crippen LogP contribution in [0, 0.1) is 11.7 Å². The zero-order valence-corrected chi connectivity index (χ0v) is 18.2. The maximum atomic E-state index is 13.2. The molecule has 3 rings (SSSR count). The number of carbonyl (C=O) groups excluding carboxylic acids is 2. The first-order valence-corrected chi connectivity index (χ1v) is 10.9. The van der Waals surface area contributed by atoms with E-state index in [2.05, 4.69) is 5.32 Å². The maximum absolute atomic E-state index is 13.2. The summed E-state index contributed by atoms with van der Waals surface area (Å²) >= 11 is 0. The summed E-state index contributed by atoms with van der Waals surface area (Å²) in [7, 11) is 0. The summed E-state index contributed by atoms with van der Waals surface area (Å²) in [4.78, 5) is 27.3. The van der Waals surface area contributed by atoms with Crippen LogP contribution in [0.15, 0.2) is 24.3 Å². The molecule has 2 aliphatic heterocycles. The van der Waals surface area contributed by atoms with Gasteiger partial charge in [-0.1, -0.05) is 12.1 Å². The van der Waals surface area contributed by atoms with E-state index in [0.29, 0.717) is 32.0 Å². The third-order valence-corrected chi connectivity index (χ3v) is 5.54. The topological polar surface area (TPSA) is 67.9 Å². The van der Waals surface area contributed by atoms with Gasteiger partial charge in [-0.25, -0.2) is 9.18 Å². The number of carbonyl (C=O) groups is 2. The number of hydrogen-bond acceptors (Lipinski definition) is 4. The van der Waals surface area contributed by atoms with Gasteiger partial charge in [-0.3, -0.25) is 4.79 Å². The molecule has 7 heteroatoms. The molecule has 0 aromatic heterocycles. The number of likely N-dealkylation sites (tertiary alicyclic amines) is 1. The van der Waals surface area contributed by atoms with Gasteiger partial charge in [0.25, 0.3) is 5.91 Å². The number of benzene rings is 1. The predicted octanol–water partition coefficient (Wildman–Crippen LogP) is 3.68. The minimum Gasteiger partial charge on any atom is -0.444 e. The van der Waals surface area contributed by atoms with Crippen molar-refractivity contribution >= 4 is 12.0 Å². The number of piperidine rings is 1. The molecule has 3 atom stereocenters. The van der Waals surface area contributed by atoms with Gasteiger partial charge in [0.15, 0.2) is 6.10 Å². The number of amides is 2. The molecule has 166 valence electrons. The second-order valence-electron chi connectivity index (χ2n) is 9.31. The van der Waals surface area contributed by atoms with E-state index in [1.165, 1.54) is 12.1 Å². The van der Waals surface area contributed by atoms with Crippen LogP contribution >= 0.6 is 0 Å². The van der Waals surface area contributed by atoms with Crippen molar-refractivity contribution in [1.82, 2.24) is 10.2 Å². The normalized spacial score (nSPS) is 24.9. The Morgan fingerprint density at radius 1 is 1.20 bits per heavy atom. The smallest absolute Gasteiger partial charge is 0.407 e. The van der Waals surface area contributed by atoms with Gasteiger partial charge in [0.05, 0.1) is 6.04 Å². The Bertz CT molecular complexity index is 732. The molecule has 2 saturated heterocycles. The third-order valence-electron chi connectivity index (χ3n) is 5.54. The van der Waals surface area contributed by atoms with Crippen molar-refractivity contribution in [1.29, 1.82) is 0 Å². The fourth-order valence-electron chi connectivity index (χ4n) is 4.20. The molecular formula is C23H33FN2O4. The van der Waals surface area contributed by atoms with E-state index in [9.17, 15) is 14.0 Å². The van der Waals surface area contributed by atoms with Gasteiger partial charge in [-0.15, -0.1) is 0 Å². The highest BCUT2D eigenvalue weighted by Crippen LogP contribution is 2.24. The molecule has 2 amide bonds. The molecule has 6 nitrogen and oxygen atoms in total. The molecule has 2 fully saturated rings. The number of halogens is 1. The molecular weight excluding hydrogens is 387 g/mol. The average Bonchev–Trinajstić information content (AvgIpc) is 2.68. The van der Waals surface area contributed by atoms with Crippen LogP contribution < -0.4 is 5.32 Å². The lowest BCUT2D eigenvalue weighted by Gasteiger charge is -2.38. The van der Waals surface area contributed by atoms with E-state index in [0.717, 1.165) is 31.2 Å². The van der Waals surface area contributed by atoms with E-state index in [4.69, 9.17) is 9.47 Å². The molecule has 30 heavy (non-hydrogen) atoms. The number of ether oxygens (including phenoxy) is 2. The molecule has 1 N–H and O–H groups in total. The van der Waals surface area contributed by atoms with Crippen LogP contribution in [0.2, 0.25) is 0 Å². The van der Waals surface area contributed by atoms with Gasteiger partial charge < -0.3 is 19.7 Å². The lowest BCUT2D eigenvalue weighted by molar-refractivity contribution is -0.150. The number of alkyl carbamates (subject to hydrolysis) is 1. The van der Waals surface area contributed by atoms with Crippen LogP contribution in [0.4, 0.5) is 9.18 Å². The molecule has 1 aromatic carbocycles. The Morgan fingerprint density at radius 2 is 1.93 bits per heavy atom. The Hall–Kier alpha value is -2.15. The summed E-state index contributed by atoms with van der Waals surface area (Å²) in [5.41, 5.74) is 0.480. The molecule has 0 bridgehead atoms. The van der Waals surface area contributed by atoms with Gasteiger partial charge in [0.1, 0.15) is 11.4 Å². The summed E-state index contributed by atoms with van der Waals surface area (Å²) in [5.74, 6) is 0.0192. The quantitative estimate of drug-likeness (QED) is 0.807. The van der Waals surface area contributed by atoms with E-state index in [1.807, 2.05) is 25.7 Å². The minimum atomic E-state index is -0.684. The highest BCUT2D eigenvalue weighted by Gasteiger charge is 2.38. The maximum Gasteiger partial charge on any atom is 0.407 e. The predicted molar refractivity (Wildman–Crippen MR) is 112 cm³/mol. The first-order valence-electron chi connectivity index (χ1n) is 10.9. The first-order chi connectivity index (χ1) is 14.2. The van der Waals surface area contributed by atoms with Crippen molar-refractivity contribution in [2.75, 3.05) is 19.7 Å². The number of hydrogen-bond donors (Lipinski definition) is 1. The standard InChI is InChI=1S/C23H33FN2O4/c1-23(2,3)30-22(28)25-19-7-5-13-29-20(19)21(27)26-12-4-6-17(15-26)14-16-8-10-18(24)11-9-16/h8-11,17,19-20H,4-7,12-15H2,1-3H3,(H,25,28). The van der Waals surface area contributed by atoms with Crippen LogP contribution in [0.25, 0.3) is 0 Å². The fourth-order valence-corrected chi connectivity index (χ4v) is 4.20. The van der Waals surface area contributed by atoms with Crippen molar-refractivity contribution in [3.8, 4) is 0 Å². The number of nitrogens with one attached hydrogen (secondary N) is 1. The minimum absolute atomic E-state index is 0.0698. The van der Waals surface area contributed by atoms with E-state index >= 15 is 0 Å². The lowest BCUT2D eigenvalue weighted by Crippen LogP contribution is -2.56. The number of rotatable bonds is 4. The highest BCUT2D eigenvalue weighted by atomic mass is 19.1. The average molecular weight is 421 g/mol. The molecule has 1 aromatic rings. The summed E-state index contributed by atoms with van der Waals surface area (Å²) in [6, 6.07) is 6.18. The summed E-state index contributed by atoms with van der Waals surface area (Å²) in [5, 5.41) is 2.83. The second kappa shape index (κ2) is 9.77. The largest absolute Gasteiger partial charge is 0.444 e. The van der Waals surface area contributed by atoms with Crippen molar-refractivity contribution in [2.45, 2.75) is 70.6 Å². The summed E-state index contributed by atoms with van der Waals surface area (Å²) < 4.78 is 24.3. The SMILES string of the molecule is CC(C)(C)OC(=O)NC1CCCOC1C(=O)N1CCCC(Cc2ccc(F)cc2)C1.